The third kappa shape index (κ3) is 3.31. The first-order valence-electron chi connectivity index (χ1n) is 7.38. The molecule has 0 aliphatic heterocycles. The quantitative estimate of drug-likeness (QED) is 0.473. The number of benzene rings is 1. The topological polar surface area (TPSA) is 61.8 Å². The molecule has 0 heterocycles. The summed E-state index contributed by atoms with van der Waals surface area (Å²) < 4.78 is 15.4. The molecular formula is C18H20O5. The lowest BCUT2D eigenvalue weighted by Crippen LogP contribution is -2.39. The first kappa shape index (κ1) is 16.9. The lowest BCUT2D eigenvalue weighted by Gasteiger charge is -2.23. The zero-order valence-corrected chi connectivity index (χ0v) is 13.3. The van der Waals surface area contributed by atoms with Gasteiger partial charge in [0.05, 0.1) is 20.8 Å². The van der Waals surface area contributed by atoms with Crippen molar-refractivity contribution in [3.05, 3.63) is 30.3 Å². The van der Waals surface area contributed by atoms with Crippen LogP contribution in [-0.2, 0) is 19.1 Å². The summed E-state index contributed by atoms with van der Waals surface area (Å²) in [6, 6.07) is 9.32. The highest BCUT2D eigenvalue weighted by molar-refractivity contribution is 6.00. The molecule has 0 saturated heterocycles. The van der Waals surface area contributed by atoms with E-state index in [-0.39, 0.29) is 24.7 Å². The minimum atomic E-state index is -1.34. The number of terminal acetylenes is 1. The van der Waals surface area contributed by atoms with E-state index in [4.69, 9.17) is 20.6 Å². The van der Waals surface area contributed by atoms with E-state index in [1.54, 1.807) is 0 Å². The molecule has 1 saturated carbocycles. The molecule has 0 radical (unpaired) electrons. The molecule has 2 atom stereocenters. The van der Waals surface area contributed by atoms with Crippen molar-refractivity contribution in [1.29, 1.82) is 0 Å². The highest BCUT2D eigenvalue weighted by atomic mass is 16.5. The van der Waals surface area contributed by atoms with Gasteiger partial charge in [-0.05, 0) is 25.0 Å². The van der Waals surface area contributed by atoms with Crippen LogP contribution in [0.25, 0.3) is 0 Å². The van der Waals surface area contributed by atoms with Gasteiger partial charge in [0, 0.05) is 11.8 Å². The van der Waals surface area contributed by atoms with E-state index in [1.165, 1.54) is 14.2 Å². The van der Waals surface area contributed by atoms with E-state index in [9.17, 15) is 9.59 Å². The largest absolute Gasteiger partial charge is 0.493 e. The molecule has 0 N–H and O–H groups in total. The number of esters is 2. The van der Waals surface area contributed by atoms with Crippen LogP contribution in [0.3, 0.4) is 0 Å². The number of carbonyl (C=O) groups is 2. The molecule has 1 aliphatic rings. The molecule has 122 valence electrons. The minimum absolute atomic E-state index is 0.126. The maximum Gasteiger partial charge on any atom is 0.323 e. The molecule has 5 heteroatoms. The summed E-state index contributed by atoms with van der Waals surface area (Å²) in [5, 5.41) is 0. The Kier molecular flexibility index (Phi) is 5.28. The van der Waals surface area contributed by atoms with Gasteiger partial charge >= 0.3 is 11.9 Å². The Hall–Kier alpha value is -2.48. The van der Waals surface area contributed by atoms with E-state index >= 15 is 0 Å². The van der Waals surface area contributed by atoms with Gasteiger partial charge in [0.25, 0.3) is 0 Å². The fraction of sp³-hybridized carbons (Fsp3) is 0.444. The van der Waals surface area contributed by atoms with Gasteiger partial charge in [-0.1, -0.05) is 18.2 Å². The van der Waals surface area contributed by atoms with E-state index in [1.807, 2.05) is 30.3 Å². The van der Waals surface area contributed by atoms with Gasteiger partial charge in [-0.2, -0.15) is 0 Å². The summed E-state index contributed by atoms with van der Waals surface area (Å²) in [6.07, 6.45) is 6.06. The Bertz CT molecular complexity index is 586. The normalized spacial score (nSPS) is 22.0. The van der Waals surface area contributed by atoms with E-state index in [2.05, 4.69) is 5.92 Å². The molecule has 1 aliphatic carbocycles. The van der Waals surface area contributed by atoms with Crippen LogP contribution >= 0.6 is 0 Å². The van der Waals surface area contributed by atoms with Crippen molar-refractivity contribution in [3.8, 4) is 18.1 Å². The molecule has 1 aromatic rings. The van der Waals surface area contributed by atoms with Crippen molar-refractivity contribution in [1.82, 2.24) is 0 Å². The second kappa shape index (κ2) is 7.19. The molecule has 2 rings (SSSR count). The van der Waals surface area contributed by atoms with Crippen molar-refractivity contribution in [3.63, 3.8) is 0 Å². The van der Waals surface area contributed by atoms with Crippen LogP contribution in [0.15, 0.2) is 30.3 Å². The molecule has 1 aromatic carbocycles. The second-order valence-electron chi connectivity index (χ2n) is 5.63. The van der Waals surface area contributed by atoms with Gasteiger partial charge in [0.2, 0.25) is 0 Å². The number of hydrogen-bond donors (Lipinski definition) is 0. The summed E-state index contributed by atoms with van der Waals surface area (Å²) in [5.74, 6) is 1.80. The Morgan fingerprint density at radius 3 is 2.30 bits per heavy atom. The van der Waals surface area contributed by atoms with Crippen molar-refractivity contribution in [2.45, 2.75) is 12.8 Å². The van der Waals surface area contributed by atoms with Crippen LogP contribution in [-0.4, -0.2) is 32.8 Å². The number of methoxy groups -OCH3 is 2. The van der Waals surface area contributed by atoms with Crippen LogP contribution < -0.4 is 4.74 Å². The average Bonchev–Trinajstić information content (AvgIpc) is 2.99. The fourth-order valence-electron chi connectivity index (χ4n) is 3.11. The predicted octanol–water partition coefficient (Wildman–Crippen LogP) is 2.06. The van der Waals surface area contributed by atoms with E-state index in [0.29, 0.717) is 6.61 Å². The molecule has 0 bridgehead atoms. The predicted molar refractivity (Wildman–Crippen MR) is 83.4 cm³/mol. The summed E-state index contributed by atoms with van der Waals surface area (Å²) in [7, 11) is 2.51. The van der Waals surface area contributed by atoms with Crippen LogP contribution in [0.2, 0.25) is 0 Å². The van der Waals surface area contributed by atoms with Gasteiger partial charge in [-0.25, -0.2) is 0 Å². The van der Waals surface area contributed by atoms with Crippen LogP contribution in [0, 0.1) is 29.6 Å². The molecule has 2 unspecified atom stereocenters. The highest BCUT2D eigenvalue weighted by Crippen LogP contribution is 2.47. The van der Waals surface area contributed by atoms with E-state index in [0.717, 1.165) is 5.75 Å². The van der Waals surface area contributed by atoms with Gasteiger partial charge < -0.3 is 14.2 Å². The highest BCUT2D eigenvalue weighted by Gasteiger charge is 2.57. The number of carbonyl (C=O) groups excluding carboxylic acids is 2. The van der Waals surface area contributed by atoms with Gasteiger partial charge in [-0.15, -0.1) is 12.3 Å². The Morgan fingerprint density at radius 1 is 1.17 bits per heavy atom. The zero-order chi connectivity index (χ0) is 16.9. The minimum Gasteiger partial charge on any atom is -0.493 e. The summed E-state index contributed by atoms with van der Waals surface area (Å²) in [6.45, 7) is 0.328. The number of ether oxygens (including phenoxy) is 3. The number of rotatable bonds is 5. The second-order valence-corrected chi connectivity index (χ2v) is 5.63. The van der Waals surface area contributed by atoms with Crippen molar-refractivity contribution >= 4 is 11.9 Å². The molecule has 0 amide bonds. The Labute approximate surface area is 135 Å². The summed E-state index contributed by atoms with van der Waals surface area (Å²) in [5.41, 5.74) is -1.34. The van der Waals surface area contributed by atoms with Gasteiger partial charge in [0.15, 0.2) is 5.41 Å². The first-order chi connectivity index (χ1) is 11.1. The maximum absolute atomic E-state index is 12.2. The molecule has 0 aromatic heterocycles. The Balaban J connectivity index is 2.16. The third-order valence-corrected chi connectivity index (χ3v) is 4.32. The van der Waals surface area contributed by atoms with Gasteiger partial charge in [-0.3, -0.25) is 9.59 Å². The van der Waals surface area contributed by atoms with Crippen LogP contribution in [0.1, 0.15) is 12.8 Å². The van der Waals surface area contributed by atoms with Crippen molar-refractivity contribution < 1.29 is 23.8 Å². The standard InChI is InChI=1S/C18H20O5/c1-4-13-10-18(16(19)21-2,17(20)22-3)11-14(13)12-23-15-8-6-5-7-9-15/h1,5-9,13-14H,10-12H2,2-3H3. The smallest absolute Gasteiger partial charge is 0.323 e. The Morgan fingerprint density at radius 2 is 1.78 bits per heavy atom. The van der Waals surface area contributed by atoms with E-state index < -0.39 is 17.4 Å². The lowest BCUT2D eigenvalue weighted by molar-refractivity contribution is -0.169. The zero-order valence-electron chi connectivity index (χ0n) is 13.3. The maximum atomic E-state index is 12.2. The van der Waals surface area contributed by atoms with Crippen molar-refractivity contribution in [2.75, 3.05) is 20.8 Å². The monoisotopic (exact) mass is 316 g/mol. The third-order valence-electron chi connectivity index (χ3n) is 4.32. The lowest BCUT2D eigenvalue weighted by atomic mass is 9.85. The fourth-order valence-corrected chi connectivity index (χ4v) is 3.11. The molecule has 5 nitrogen and oxygen atoms in total. The van der Waals surface area contributed by atoms with Gasteiger partial charge in [0.1, 0.15) is 5.75 Å². The van der Waals surface area contributed by atoms with Crippen molar-refractivity contribution in [2.24, 2.45) is 17.3 Å². The first-order valence-corrected chi connectivity index (χ1v) is 7.38. The number of para-hydroxylation sites is 1. The van der Waals surface area contributed by atoms with Crippen LogP contribution in [0.4, 0.5) is 0 Å². The SMILES string of the molecule is C#CC1CC(C(=O)OC)(C(=O)OC)CC1COc1ccccc1. The molecular weight excluding hydrogens is 296 g/mol. The molecule has 23 heavy (non-hydrogen) atoms. The molecule has 0 spiro atoms. The number of hydrogen-bond acceptors (Lipinski definition) is 5. The summed E-state index contributed by atoms with van der Waals surface area (Å²) >= 11 is 0. The van der Waals surface area contributed by atoms with Crippen LogP contribution in [0.5, 0.6) is 5.75 Å². The summed E-state index contributed by atoms with van der Waals surface area (Å²) in [4.78, 5) is 24.4. The average molecular weight is 316 g/mol. The molecule has 1 fully saturated rings.